The third-order valence-corrected chi connectivity index (χ3v) is 5.66. The van der Waals surface area contributed by atoms with Crippen LogP contribution in [0.1, 0.15) is 50.2 Å². The average Bonchev–Trinajstić information content (AvgIpc) is 2.86. The summed E-state index contributed by atoms with van der Waals surface area (Å²) in [6, 6.07) is 6.91. The van der Waals surface area contributed by atoms with Crippen molar-refractivity contribution in [2.75, 3.05) is 0 Å². The molecule has 1 heterocycles. The van der Waals surface area contributed by atoms with Crippen molar-refractivity contribution in [1.82, 2.24) is 10.1 Å². The molecule has 2 aromatic rings. The number of aromatic nitrogens is 2. The van der Waals surface area contributed by atoms with Crippen LogP contribution < -0.4 is 0 Å². The van der Waals surface area contributed by atoms with E-state index in [2.05, 4.69) is 10.1 Å². The van der Waals surface area contributed by atoms with Crippen LogP contribution in [0.4, 0.5) is 0 Å². The fourth-order valence-corrected chi connectivity index (χ4v) is 3.60. The number of halogens is 1. The Kier molecular flexibility index (Phi) is 4.63. The fourth-order valence-electron chi connectivity index (χ4n) is 1.92. The smallest absolute Gasteiger partial charge is 0.232 e. The maximum Gasteiger partial charge on any atom is 0.232 e. The Morgan fingerprint density at radius 2 is 1.91 bits per heavy atom. The zero-order valence-electron chi connectivity index (χ0n) is 13.0. The van der Waals surface area contributed by atoms with Crippen LogP contribution in [0.5, 0.6) is 0 Å². The molecule has 0 amide bonds. The molecule has 0 aliphatic carbocycles. The lowest BCUT2D eigenvalue weighted by Gasteiger charge is -2.13. The van der Waals surface area contributed by atoms with E-state index in [1.807, 2.05) is 20.8 Å². The van der Waals surface area contributed by atoms with Crippen LogP contribution in [0.25, 0.3) is 0 Å². The third kappa shape index (κ3) is 3.67. The van der Waals surface area contributed by atoms with Gasteiger partial charge in [0.1, 0.15) is 5.75 Å². The fraction of sp³-hybridized carbons (Fsp3) is 0.467. The highest BCUT2D eigenvalue weighted by molar-refractivity contribution is 7.90. The minimum atomic E-state index is -3.49. The highest BCUT2D eigenvalue weighted by Gasteiger charge is 2.28. The topological polar surface area (TPSA) is 73.1 Å². The van der Waals surface area contributed by atoms with Gasteiger partial charge in [-0.2, -0.15) is 4.98 Å². The predicted molar refractivity (Wildman–Crippen MR) is 85.5 cm³/mol. The van der Waals surface area contributed by atoms with Crippen molar-refractivity contribution >= 4 is 21.4 Å². The molecule has 2 rings (SSSR count). The standard InChI is InChI=1S/C15H19ClN2O3S/c1-10(11-7-5-6-8-12(11)16)22(19,20)9-13-17-14(21-18-13)15(2,3)4/h5-8,10H,9H2,1-4H3. The molecular weight excluding hydrogens is 324 g/mol. The second-order valence-corrected chi connectivity index (χ2v) is 8.97. The van der Waals surface area contributed by atoms with Gasteiger partial charge in [-0.25, -0.2) is 8.42 Å². The molecule has 120 valence electrons. The van der Waals surface area contributed by atoms with Gasteiger partial charge in [0, 0.05) is 10.4 Å². The summed E-state index contributed by atoms with van der Waals surface area (Å²) >= 11 is 6.08. The van der Waals surface area contributed by atoms with Gasteiger partial charge in [-0.1, -0.05) is 55.7 Å². The molecule has 0 bridgehead atoms. The van der Waals surface area contributed by atoms with E-state index in [0.29, 0.717) is 16.5 Å². The van der Waals surface area contributed by atoms with Gasteiger partial charge >= 0.3 is 0 Å². The molecule has 0 spiro atoms. The van der Waals surface area contributed by atoms with Gasteiger partial charge in [0.05, 0.1) is 5.25 Å². The summed E-state index contributed by atoms with van der Waals surface area (Å²) in [4.78, 5) is 4.18. The summed E-state index contributed by atoms with van der Waals surface area (Å²) in [6.07, 6.45) is 0. The SMILES string of the molecule is CC(c1ccccc1Cl)S(=O)(=O)Cc1noc(C(C)(C)C)n1. The number of benzene rings is 1. The molecule has 0 radical (unpaired) electrons. The van der Waals surface area contributed by atoms with Crippen LogP contribution in [0, 0.1) is 0 Å². The van der Waals surface area contributed by atoms with E-state index in [0.717, 1.165) is 0 Å². The van der Waals surface area contributed by atoms with Gasteiger partial charge in [0.2, 0.25) is 5.89 Å². The van der Waals surface area contributed by atoms with Gasteiger partial charge in [-0.3, -0.25) is 0 Å². The Morgan fingerprint density at radius 1 is 1.27 bits per heavy atom. The van der Waals surface area contributed by atoms with Crippen LogP contribution in [-0.4, -0.2) is 18.6 Å². The molecular formula is C15H19ClN2O3S. The van der Waals surface area contributed by atoms with Crippen molar-refractivity contribution in [2.24, 2.45) is 0 Å². The average molecular weight is 343 g/mol. The van der Waals surface area contributed by atoms with Gasteiger partial charge in [-0.05, 0) is 18.6 Å². The second kappa shape index (κ2) is 6.01. The zero-order valence-corrected chi connectivity index (χ0v) is 14.6. The van der Waals surface area contributed by atoms with Crippen LogP contribution >= 0.6 is 11.6 Å². The number of rotatable bonds is 4. The largest absolute Gasteiger partial charge is 0.339 e. The molecule has 22 heavy (non-hydrogen) atoms. The molecule has 1 unspecified atom stereocenters. The molecule has 0 aliphatic heterocycles. The van der Waals surface area contributed by atoms with E-state index in [9.17, 15) is 8.42 Å². The quantitative estimate of drug-likeness (QED) is 0.847. The first kappa shape index (κ1) is 17.0. The molecule has 1 aromatic heterocycles. The van der Waals surface area contributed by atoms with Crippen LogP contribution in [-0.2, 0) is 21.0 Å². The maximum atomic E-state index is 12.5. The van der Waals surface area contributed by atoms with E-state index < -0.39 is 15.1 Å². The Labute approximate surface area is 135 Å². The summed E-state index contributed by atoms with van der Waals surface area (Å²) < 4.78 is 30.2. The third-order valence-electron chi connectivity index (χ3n) is 3.32. The Morgan fingerprint density at radius 3 is 2.45 bits per heavy atom. The molecule has 0 saturated heterocycles. The Bertz CT molecular complexity index is 763. The van der Waals surface area contributed by atoms with E-state index >= 15 is 0 Å². The van der Waals surface area contributed by atoms with Gasteiger partial charge in [-0.15, -0.1) is 0 Å². The first-order valence-corrected chi connectivity index (χ1v) is 8.99. The van der Waals surface area contributed by atoms with E-state index in [-0.39, 0.29) is 17.0 Å². The number of nitrogens with zero attached hydrogens (tertiary/aromatic N) is 2. The number of hydrogen-bond acceptors (Lipinski definition) is 5. The monoisotopic (exact) mass is 342 g/mol. The zero-order chi connectivity index (χ0) is 16.5. The highest BCUT2D eigenvalue weighted by Crippen LogP contribution is 2.30. The normalized spacial score (nSPS) is 14.0. The van der Waals surface area contributed by atoms with Gasteiger partial charge in [0.15, 0.2) is 15.7 Å². The summed E-state index contributed by atoms with van der Waals surface area (Å²) in [5.41, 5.74) is 0.257. The molecule has 0 fully saturated rings. The summed E-state index contributed by atoms with van der Waals surface area (Å²) in [6.45, 7) is 7.38. The Balaban J connectivity index is 2.25. The first-order chi connectivity index (χ1) is 10.1. The number of sulfone groups is 1. The van der Waals surface area contributed by atoms with Crippen LogP contribution in [0.3, 0.4) is 0 Å². The van der Waals surface area contributed by atoms with Crippen molar-refractivity contribution in [3.05, 3.63) is 46.6 Å². The minimum absolute atomic E-state index is 0.170. The molecule has 0 N–H and O–H groups in total. The van der Waals surface area contributed by atoms with Crippen LogP contribution in [0.2, 0.25) is 5.02 Å². The highest BCUT2D eigenvalue weighted by atomic mass is 35.5. The summed E-state index contributed by atoms with van der Waals surface area (Å²) in [5, 5.41) is 3.46. The van der Waals surface area contributed by atoms with Gasteiger partial charge < -0.3 is 4.52 Å². The van der Waals surface area contributed by atoms with Gasteiger partial charge in [0.25, 0.3) is 0 Å². The lowest BCUT2D eigenvalue weighted by molar-refractivity contribution is 0.319. The lowest BCUT2D eigenvalue weighted by atomic mass is 9.97. The molecule has 7 heteroatoms. The first-order valence-electron chi connectivity index (χ1n) is 6.90. The van der Waals surface area contributed by atoms with Crippen molar-refractivity contribution in [2.45, 2.75) is 44.1 Å². The molecule has 5 nitrogen and oxygen atoms in total. The second-order valence-electron chi connectivity index (χ2n) is 6.24. The summed E-state index contributed by atoms with van der Waals surface area (Å²) in [5.74, 6) is 0.311. The van der Waals surface area contributed by atoms with Crippen molar-refractivity contribution in [3.8, 4) is 0 Å². The molecule has 1 aromatic carbocycles. The lowest BCUT2D eigenvalue weighted by Crippen LogP contribution is -2.15. The Hall–Kier alpha value is -1.40. The predicted octanol–water partition coefficient (Wildman–Crippen LogP) is 3.70. The van der Waals surface area contributed by atoms with E-state index in [1.54, 1.807) is 31.2 Å². The molecule has 0 saturated carbocycles. The van der Waals surface area contributed by atoms with E-state index in [1.165, 1.54) is 0 Å². The van der Waals surface area contributed by atoms with E-state index in [4.69, 9.17) is 16.1 Å². The summed E-state index contributed by atoms with van der Waals surface area (Å²) in [7, 11) is -3.49. The maximum absolute atomic E-state index is 12.5. The van der Waals surface area contributed by atoms with Crippen LogP contribution in [0.15, 0.2) is 28.8 Å². The van der Waals surface area contributed by atoms with Crippen molar-refractivity contribution < 1.29 is 12.9 Å². The molecule has 1 atom stereocenters. The van der Waals surface area contributed by atoms with Crippen molar-refractivity contribution in [3.63, 3.8) is 0 Å². The van der Waals surface area contributed by atoms with Crippen molar-refractivity contribution in [1.29, 1.82) is 0 Å². The number of hydrogen-bond donors (Lipinski definition) is 0. The molecule has 0 aliphatic rings. The minimum Gasteiger partial charge on any atom is -0.339 e.